The summed E-state index contributed by atoms with van der Waals surface area (Å²) in [5.74, 6) is 0. The fraction of sp³-hybridized carbons (Fsp3) is 0.538. The molecule has 0 aliphatic heterocycles. The molecule has 0 atom stereocenters. The van der Waals surface area contributed by atoms with Crippen LogP contribution < -0.4 is 5.73 Å². The molecule has 18 heavy (non-hydrogen) atoms. The average Bonchev–Trinajstić information content (AvgIpc) is 2.38. The summed E-state index contributed by atoms with van der Waals surface area (Å²) >= 11 is 6.21. The summed E-state index contributed by atoms with van der Waals surface area (Å²) in [7, 11) is 1.67. The van der Waals surface area contributed by atoms with Gasteiger partial charge in [-0.3, -0.25) is 4.90 Å². The maximum atomic E-state index is 9.03. The largest absolute Gasteiger partial charge is 0.395 e. The molecule has 0 aliphatic rings. The fourth-order valence-electron chi connectivity index (χ4n) is 1.72. The van der Waals surface area contributed by atoms with E-state index >= 15 is 0 Å². The fourth-order valence-corrected chi connectivity index (χ4v) is 1.98. The molecule has 0 aromatic heterocycles. The van der Waals surface area contributed by atoms with Gasteiger partial charge in [-0.1, -0.05) is 23.7 Å². The zero-order valence-electron chi connectivity index (χ0n) is 10.7. The molecule has 0 heterocycles. The van der Waals surface area contributed by atoms with Crippen LogP contribution >= 0.6 is 11.6 Å². The third-order valence-corrected chi connectivity index (χ3v) is 3.13. The van der Waals surface area contributed by atoms with Gasteiger partial charge in [-0.25, -0.2) is 0 Å². The molecule has 0 saturated carbocycles. The Morgan fingerprint density at radius 1 is 1.39 bits per heavy atom. The van der Waals surface area contributed by atoms with Crippen molar-refractivity contribution >= 4 is 11.6 Å². The minimum Gasteiger partial charge on any atom is -0.395 e. The zero-order chi connectivity index (χ0) is 13.4. The average molecular weight is 273 g/mol. The first-order valence-electron chi connectivity index (χ1n) is 6.00. The molecular formula is C13H21ClN2O2. The van der Waals surface area contributed by atoms with Gasteiger partial charge in [0.15, 0.2) is 0 Å². The van der Waals surface area contributed by atoms with E-state index in [1.165, 1.54) is 0 Å². The van der Waals surface area contributed by atoms with E-state index in [1.807, 2.05) is 18.2 Å². The van der Waals surface area contributed by atoms with Gasteiger partial charge in [0, 0.05) is 38.3 Å². The predicted molar refractivity (Wildman–Crippen MR) is 73.6 cm³/mol. The molecule has 4 nitrogen and oxygen atoms in total. The van der Waals surface area contributed by atoms with Crippen molar-refractivity contribution in [3.05, 3.63) is 34.3 Å². The van der Waals surface area contributed by atoms with Gasteiger partial charge in [0.05, 0.1) is 13.2 Å². The second-order valence-electron chi connectivity index (χ2n) is 4.12. The summed E-state index contributed by atoms with van der Waals surface area (Å²) in [5.41, 5.74) is 7.63. The number of methoxy groups -OCH3 is 1. The van der Waals surface area contributed by atoms with E-state index < -0.39 is 0 Å². The first-order chi connectivity index (χ1) is 8.71. The van der Waals surface area contributed by atoms with Gasteiger partial charge in [0.2, 0.25) is 0 Å². The van der Waals surface area contributed by atoms with Crippen molar-refractivity contribution < 1.29 is 9.84 Å². The van der Waals surface area contributed by atoms with E-state index in [0.29, 0.717) is 26.2 Å². The number of nitrogens with two attached hydrogens (primary N) is 1. The molecule has 0 fully saturated rings. The first kappa shape index (κ1) is 15.4. The first-order valence-corrected chi connectivity index (χ1v) is 6.38. The van der Waals surface area contributed by atoms with Gasteiger partial charge >= 0.3 is 0 Å². The summed E-state index contributed by atoms with van der Waals surface area (Å²) in [6.07, 6.45) is 0. The van der Waals surface area contributed by atoms with Crippen LogP contribution in [0.25, 0.3) is 0 Å². The molecule has 0 unspecified atom stereocenters. The second-order valence-corrected chi connectivity index (χ2v) is 4.53. The number of benzene rings is 1. The van der Waals surface area contributed by atoms with Crippen LogP contribution in [0.1, 0.15) is 11.1 Å². The zero-order valence-corrected chi connectivity index (χ0v) is 11.5. The standard InChI is InChI=1S/C13H21ClN2O2/c1-18-7-5-16(4-6-17)10-12-3-2-11(9-15)8-13(12)14/h2-3,8,17H,4-7,9-10,15H2,1H3. The van der Waals surface area contributed by atoms with E-state index in [2.05, 4.69) is 4.90 Å². The van der Waals surface area contributed by atoms with Crippen LogP contribution in [0.2, 0.25) is 5.02 Å². The number of halogens is 1. The van der Waals surface area contributed by atoms with Gasteiger partial charge in [0.25, 0.3) is 0 Å². The highest BCUT2D eigenvalue weighted by molar-refractivity contribution is 6.31. The summed E-state index contributed by atoms with van der Waals surface area (Å²) in [4.78, 5) is 2.10. The van der Waals surface area contributed by atoms with Crippen LogP contribution in [0.4, 0.5) is 0 Å². The molecule has 5 heteroatoms. The summed E-state index contributed by atoms with van der Waals surface area (Å²) in [6, 6.07) is 5.86. The van der Waals surface area contributed by atoms with Gasteiger partial charge in [-0.2, -0.15) is 0 Å². The van der Waals surface area contributed by atoms with Crippen molar-refractivity contribution in [3.63, 3.8) is 0 Å². The number of ether oxygens (including phenoxy) is 1. The van der Waals surface area contributed by atoms with E-state index in [1.54, 1.807) is 7.11 Å². The molecule has 3 N–H and O–H groups in total. The molecule has 1 aromatic rings. The Morgan fingerprint density at radius 2 is 2.17 bits per heavy atom. The minimum absolute atomic E-state index is 0.127. The van der Waals surface area contributed by atoms with Crippen molar-refractivity contribution in [1.29, 1.82) is 0 Å². The maximum Gasteiger partial charge on any atom is 0.0589 e. The van der Waals surface area contributed by atoms with E-state index in [-0.39, 0.29) is 6.61 Å². The Balaban J connectivity index is 2.67. The molecule has 0 spiro atoms. The van der Waals surface area contributed by atoms with Gasteiger partial charge in [-0.15, -0.1) is 0 Å². The van der Waals surface area contributed by atoms with E-state index in [0.717, 1.165) is 22.7 Å². The summed E-state index contributed by atoms with van der Waals surface area (Å²) in [5, 5.41) is 9.75. The number of aliphatic hydroxyl groups is 1. The van der Waals surface area contributed by atoms with Crippen molar-refractivity contribution in [1.82, 2.24) is 4.90 Å². The third kappa shape index (κ3) is 4.92. The topological polar surface area (TPSA) is 58.7 Å². The number of aliphatic hydroxyl groups excluding tert-OH is 1. The number of hydrogen-bond acceptors (Lipinski definition) is 4. The highest BCUT2D eigenvalue weighted by Gasteiger charge is 2.08. The number of nitrogens with zero attached hydrogens (tertiary/aromatic N) is 1. The van der Waals surface area contributed by atoms with Crippen molar-refractivity contribution in [3.8, 4) is 0 Å². The molecule has 1 aromatic carbocycles. The second kappa shape index (κ2) is 8.45. The SMILES string of the molecule is COCCN(CCO)Cc1ccc(CN)cc1Cl. The Bertz CT molecular complexity index is 361. The van der Waals surface area contributed by atoms with Crippen molar-refractivity contribution in [2.75, 3.05) is 33.4 Å². The minimum atomic E-state index is 0.127. The molecule has 0 aliphatic carbocycles. The lowest BCUT2D eigenvalue weighted by atomic mass is 10.1. The maximum absolute atomic E-state index is 9.03. The molecular weight excluding hydrogens is 252 g/mol. The lowest BCUT2D eigenvalue weighted by Crippen LogP contribution is -2.30. The Morgan fingerprint density at radius 3 is 2.72 bits per heavy atom. The van der Waals surface area contributed by atoms with Crippen LogP contribution in [0, 0.1) is 0 Å². The lowest BCUT2D eigenvalue weighted by Gasteiger charge is -2.21. The Kier molecular flexibility index (Phi) is 7.23. The van der Waals surface area contributed by atoms with Crippen LogP contribution in [0.3, 0.4) is 0 Å². The molecule has 0 bridgehead atoms. The normalized spacial score (nSPS) is 11.2. The number of rotatable bonds is 8. The summed E-state index contributed by atoms with van der Waals surface area (Å²) in [6.45, 7) is 3.34. The molecule has 0 amide bonds. The number of hydrogen-bond donors (Lipinski definition) is 2. The van der Waals surface area contributed by atoms with Crippen molar-refractivity contribution in [2.24, 2.45) is 5.73 Å². The lowest BCUT2D eigenvalue weighted by molar-refractivity contribution is 0.127. The third-order valence-electron chi connectivity index (χ3n) is 2.77. The molecule has 102 valence electrons. The van der Waals surface area contributed by atoms with Crippen molar-refractivity contribution in [2.45, 2.75) is 13.1 Å². The molecule has 0 saturated heterocycles. The predicted octanol–water partition coefficient (Wildman–Crippen LogP) is 1.24. The van der Waals surface area contributed by atoms with Crippen LogP contribution in [0.5, 0.6) is 0 Å². The molecule has 0 radical (unpaired) electrons. The van der Waals surface area contributed by atoms with Crippen LogP contribution in [-0.2, 0) is 17.8 Å². The summed E-state index contributed by atoms with van der Waals surface area (Å²) < 4.78 is 5.05. The van der Waals surface area contributed by atoms with Crippen LogP contribution in [0.15, 0.2) is 18.2 Å². The highest BCUT2D eigenvalue weighted by atomic mass is 35.5. The van der Waals surface area contributed by atoms with Crippen LogP contribution in [-0.4, -0.2) is 43.4 Å². The van der Waals surface area contributed by atoms with Gasteiger partial charge in [-0.05, 0) is 17.2 Å². The smallest absolute Gasteiger partial charge is 0.0589 e. The highest BCUT2D eigenvalue weighted by Crippen LogP contribution is 2.19. The van der Waals surface area contributed by atoms with E-state index in [4.69, 9.17) is 27.2 Å². The van der Waals surface area contributed by atoms with Gasteiger partial charge < -0.3 is 15.6 Å². The quantitative estimate of drug-likeness (QED) is 0.748. The monoisotopic (exact) mass is 272 g/mol. The Hall–Kier alpha value is -0.650. The van der Waals surface area contributed by atoms with Gasteiger partial charge in [0.1, 0.15) is 0 Å². The Labute approximate surface area is 113 Å². The molecule has 1 rings (SSSR count). The van der Waals surface area contributed by atoms with E-state index in [9.17, 15) is 0 Å².